The Hall–Kier alpha value is -1.89. The van der Waals surface area contributed by atoms with Crippen molar-refractivity contribution in [3.63, 3.8) is 0 Å². The molecule has 0 aliphatic heterocycles. The molecule has 0 amide bonds. The van der Waals surface area contributed by atoms with Crippen LogP contribution in [0.5, 0.6) is 0 Å². The quantitative estimate of drug-likeness (QED) is 0.800. The molecule has 0 unspecified atom stereocenters. The van der Waals surface area contributed by atoms with E-state index in [2.05, 4.69) is 21.0 Å². The molecule has 0 bridgehead atoms. The van der Waals surface area contributed by atoms with Crippen molar-refractivity contribution < 1.29 is 9.53 Å². The second kappa shape index (κ2) is 5.24. The van der Waals surface area contributed by atoms with Crippen LogP contribution in [0.4, 0.5) is 4.79 Å². The number of nitrogens with zero attached hydrogens (tertiary/aromatic N) is 3. The first kappa shape index (κ1) is 14.5. The fourth-order valence-electron chi connectivity index (χ4n) is 1.54. The van der Waals surface area contributed by atoms with Gasteiger partial charge in [-0.2, -0.15) is 0 Å². The van der Waals surface area contributed by atoms with Crippen LogP contribution in [0.25, 0.3) is 5.69 Å². The van der Waals surface area contributed by atoms with Crippen molar-refractivity contribution in [2.24, 2.45) is 0 Å². The van der Waals surface area contributed by atoms with Crippen LogP contribution in [0, 0.1) is 0 Å². The van der Waals surface area contributed by atoms with Crippen molar-refractivity contribution in [3.05, 3.63) is 45.5 Å². The minimum absolute atomic E-state index is 0.572. The van der Waals surface area contributed by atoms with Crippen molar-refractivity contribution in [1.82, 2.24) is 14.3 Å². The van der Waals surface area contributed by atoms with E-state index in [-0.39, 0.29) is 0 Å². The van der Waals surface area contributed by atoms with Gasteiger partial charge in [-0.15, -0.1) is 9.78 Å². The summed E-state index contributed by atoms with van der Waals surface area (Å²) >= 11 is 3.33. The third-order valence-corrected chi connectivity index (χ3v) is 2.82. The minimum atomic E-state index is -0.795. The molecule has 20 heavy (non-hydrogen) atoms. The first-order valence-electron chi connectivity index (χ1n) is 5.94. The Labute approximate surface area is 124 Å². The Morgan fingerprint density at radius 1 is 1.35 bits per heavy atom. The van der Waals surface area contributed by atoms with E-state index in [1.54, 1.807) is 39.0 Å². The summed E-state index contributed by atoms with van der Waals surface area (Å²) in [4.78, 5) is 24.0. The van der Waals surface area contributed by atoms with E-state index in [1.165, 1.54) is 10.9 Å². The summed E-state index contributed by atoms with van der Waals surface area (Å²) in [5.41, 5.74) is -0.646. The Bertz CT molecular complexity index is 697. The fraction of sp³-hybridized carbons (Fsp3) is 0.308. The number of benzene rings is 1. The Morgan fingerprint density at radius 3 is 2.65 bits per heavy atom. The lowest BCUT2D eigenvalue weighted by atomic mass is 10.2. The standard InChI is InChI=1S/C13H14BrN3O3/c1-13(2,3)20-12(19)17-11(18)16(8-15-17)10-6-4-5-9(14)7-10/h4-8H,1-3H3. The topological polar surface area (TPSA) is 66.1 Å². The summed E-state index contributed by atoms with van der Waals surface area (Å²) in [6.07, 6.45) is 0.491. The molecule has 0 atom stereocenters. The average Bonchev–Trinajstić information content (AvgIpc) is 2.69. The fourth-order valence-corrected chi connectivity index (χ4v) is 1.92. The maximum Gasteiger partial charge on any atom is 0.439 e. The van der Waals surface area contributed by atoms with Crippen LogP contribution in [0.2, 0.25) is 0 Å². The van der Waals surface area contributed by atoms with Gasteiger partial charge in [0.15, 0.2) is 0 Å². The van der Waals surface area contributed by atoms with Crippen molar-refractivity contribution in [2.45, 2.75) is 26.4 Å². The van der Waals surface area contributed by atoms with E-state index < -0.39 is 17.4 Å². The van der Waals surface area contributed by atoms with Crippen LogP contribution in [0.15, 0.2) is 39.9 Å². The van der Waals surface area contributed by atoms with E-state index in [1.807, 2.05) is 6.07 Å². The average molecular weight is 340 g/mol. The molecule has 0 fully saturated rings. The molecule has 6 nitrogen and oxygen atoms in total. The van der Waals surface area contributed by atoms with Gasteiger partial charge < -0.3 is 4.74 Å². The van der Waals surface area contributed by atoms with E-state index in [0.717, 1.165) is 4.47 Å². The number of halogens is 1. The monoisotopic (exact) mass is 339 g/mol. The number of carbonyl (C=O) groups excluding carboxylic acids is 1. The predicted octanol–water partition coefficient (Wildman–Crippen LogP) is 2.58. The Kier molecular flexibility index (Phi) is 3.80. The molecule has 1 heterocycles. The van der Waals surface area contributed by atoms with E-state index in [0.29, 0.717) is 10.4 Å². The van der Waals surface area contributed by atoms with Crippen LogP contribution in [0.1, 0.15) is 20.8 Å². The molecule has 0 saturated heterocycles. The molecule has 0 spiro atoms. The Morgan fingerprint density at radius 2 is 2.05 bits per heavy atom. The molecular weight excluding hydrogens is 326 g/mol. The minimum Gasteiger partial charge on any atom is -0.442 e. The summed E-state index contributed by atoms with van der Waals surface area (Å²) in [5, 5.41) is 3.78. The van der Waals surface area contributed by atoms with E-state index in [4.69, 9.17) is 4.74 Å². The number of ether oxygens (including phenoxy) is 1. The molecular formula is C13H14BrN3O3. The number of rotatable bonds is 1. The summed E-state index contributed by atoms with van der Waals surface area (Å²) in [5.74, 6) is 0. The second-order valence-corrected chi connectivity index (χ2v) is 6.07. The smallest absolute Gasteiger partial charge is 0.439 e. The van der Waals surface area contributed by atoms with Crippen LogP contribution in [-0.2, 0) is 4.74 Å². The summed E-state index contributed by atoms with van der Waals surface area (Å²) in [6, 6.07) is 7.12. The van der Waals surface area contributed by atoms with Crippen molar-refractivity contribution >= 4 is 22.0 Å². The number of hydrogen-bond acceptors (Lipinski definition) is 4. The molecule has 1 aromatic heterocycles. The Balaban J connectivity index is 2.37. The largest absolute Gasteiger partial charge is 0.442 e. The van der Waals surface area contributed by atoms with Crippen LogP contribution >= 0.6 is 15.9 Å². The molecule has 1 aromatic carbocycles. The summed E-state index contributed by atoms with van der Waals surface area (Å²) in [6.45, 7) is 5.17. The van der Waals surface area contributed by atoms with Crippen molar-refractivity contribution in [1.29, 1.82) is 0 Å². The third kappa shape index (κ3) is 3.16. The lowest BCUT2D eigenvalue weighted by Gasteiger charge is -2.18. The first-order chi connectivity index (χ1) is 9.28. The van der Waals surface area contributed by atoms with Crippen molar-refractivity contribution in [3.8, 4) is 5.69 Å². The van der Waals surface area contributed by atoms with Gasteiger partial charge in [-0.3, -0.25) is 0 Å². The van der Waals surface area contributed by atoms with Crippen LogP contribution in [0.3, 0.4) is 0 Å². The highest BCUT2D eigenvalue weighted by Gasteiger charge is 2.21. The third-order valence-electron chi connectivity index (χ3n) is 2.32. The van der Waals surface area contributed by atoms with Gasteiger partial charge in [0.25, 0.3) is 0 Å². The molecule has 0 saturated carbocycles. The zero-order valence-corrected chi connectivity index (χ0v) is 12.9. The van der Waals surface area contributed by atoms with Gasteiger partial charge in [-0.25, -0.2) is 14.2 Å². The second-order valence-electron chi connectivity index (χ2n) is 5.16. The number of hydrogen-bond donors (Lipinski definition) is 0. The van der Waals surface area contributed by atoms with Gasteiger partial charge in [0.05, 0.1) is 5.69 Å². The molecule has 7 heteroatoms. The lowest BCUT2D eigenvalue weighted by molar-refractivity contribution is 0.0507. The van der Waals surface area contributed by atoms with Crippen LogP contribution in [-0.4, -0.2) is 26.0 Å². The number of carbonyl (C=O) groups is 1. The van der Waals surface area contributed by atoms with Gasteiger partial charge in [-0.1, -0.05) is 22.0 Å². The molecule has 0 radical (unpaired) electrons. The van der Waals surface area contributed by atoms with Crippen LogP contribution < -0.4 is 5.69 Å². The maximum atomic E-state index is 12.2. The highest BCUT2D eigenvalue weighted by atomic mass is 79.9. The molecule has 0 N–H and O–H groups in total. The normalized spacial score (nSPS) is 11.4. The van der Waals surface area contributed by atoms with Gasteiger partial charge in [0.1, 0.15) is 11.9 Å². The van der Waals surface area contributed by atoms with Gasteiger partial charge in [0, 0.05) is 4.47 Å². The molecule has 0 aliphatic rings. The predicted molar refractivity (Wildman–Crippen MR) is 77.2 cm³/mol. The van der Waals surface area contributed by atoms with Gasteiger partial charge >= 0.3 is 11.8 Å². The van der Waals surface area contributed by atoms with Crippen molar-refractivity contribution in [2.75, 3.05) is 0 Å². The molecule has 0 aliphatic carbocycles. The summed E-state index contributed by atoms with van der Waals surface area (Å²) < 4.78 is 7.92. The zero-order valence-electron chi connectivity index (χ0n) is 11.3. The zero-order chi connectivity index (χ0) is 14.9. The number of aromatic nitrogens is 3. The first-order valence-corrected chi connectivity index (χ1v) is 6.73. The van der Waals surface area contributed by atoms with Gasteiger partial charge in [-0.05, 0) is 39.0 Å². The highest BCUT2D eigenvalue weighted by Crippen LogP contribution is 2.14. The highest BCUT2D eigenvalue weighted by molar-refractivity contribution is 9.10. The lowest BCUT2D eigenvalue weighted by Crippen LogP contribution is -2.34. The maximum absolute atomic E-state index is 12.2. The van der Waals surface area contributed by atoms with E-state index in [9.17, 15) is 9.59 Å². The van der Waals surface area contributed by atoms with E-state index >= 15 is 0 Å². The molecule has 2 rings (SSSR count). The molecule has 106 valence electrons. The van der Waals surface area contributed by atoms with Gasteiger partial charge in [0.2, 0.25) is 0 Å². The SMILES string of the molecule is CC(C)(C)OC(=O)n1ncn(-c2cccc(Br)c2)c1=O. The molecule has 2 aromatic rings. The summed E-state index contributed by atoms with van der Waals surface area (Å²) in [7, 11) is 0.